The van der Waals surface area contributed by atoms with Gasteiger partial charge in [0.2, 0.25) is 0 Å². The number of rotatable bonds is 8. The maximum absolute atomic E-state index is 12.8. The third-order valence-electron chi connectivity index (χ3n) is 5.79. The maximum atomic E-state index is 12.8. The monoisotopic (exact) mass is 436 g/mol. The largest absolute Gasteiger partial charge is 0.367 e. The molecule has 1 fully saturated rings. The Kier molecular flexibility index (Phi) is 6.99. The normalized spacial score (nSPS) is 15.4. The third-order valence-corrected chi connectivity index (χ3v) is 5.79. The van der Waals surface area contributed by atoms with Crippen molar-refractivity contribution in [2.75, 3.05) is 31.6 Å². The summed E-state index contributed by atoms with van der Waals surface area (Å²) in [5.41, 5.74) is 2.17. The van der Waals surface area contributed by atoms with E-state index in [0.29, 0.717) is 24.5 Å². The maximum Gasteiger partial charge on any atom is 0.145 e. The van der Waals surface area contributed by atoms with E-state index in [4.69, 9.17) is 0 Å². The number of carbonyl (C=O) groups excluding carboxylic acids is 1. The molecule has 3 aromatic heterocycles. The number of likely N-dealkylation sites (tertiary alicyclic amines) is 1. The summed E-state index contributed by atoms with van der Waals surface area (Å²) >= 11 is 0. The lowest BCUT2D eigenvalue weighted by Crippen LogP contribution is -2.37. The molecule has 168 valence electrons. The number of alkyl halides is 1. The van der Waals surface area contributed by atoms with Gasteiger partial charge in [-0.1, -0.05) is 0 Å². The molecule has 0 unspecified atom stereocenters. The average Bonchev–Trinajstić information content (AvgIpc) is 2.79. The number of pyridine rings is 2. The van der Waals surface area contributed by atoms with E-state index in [1.54, 1.807) is 24.8 Å². The van der Waals surface area contributed by atoms with Gasteiger partial charge < -0.3 is 10.2 Å². The smallest absolute Gasteiger partial charge is 0.145 e. The topological polar surface area (TPSA) is 83.9 Å². The lowest BCUT2D eigenvalue weighted by Gasteiger charge is -2.30. The van der Waals surface area contributed by atoms with E-state index >= 15 is 0 Å². The van der Waals surface area contributed by atoms with E-state index in [9.17, 15) is 9.18 Å². The van der Waals surface area contributed by atoms with Crippen molar-refractivity contribution in [2.24, 2.45) is 5.92 Å². The Labute approximate surface area is 187 Å². The van der Waals surface area contributed by atoms with Crippen molar-refractivity contribution >= 4 is 22.4 Å². The molecule has 8 heteroatoms. The summed E-state index contributed by atoms with van der Waals surface area (Å²) in [6, 6.07) is 4.18. The van der Waals surface area contributed by atoms with Gasteiger partial charge in [0.25, 0.3) is 0 Å². The number of nitrogens with zero attached hydrogens (tertiary/aromatic N) is 5. The second kappa shape index (κ2) is 10.1. The van der Waals surface area contributed by atoms with Crippen LogP contribution in [-0.2, 0) is 11.2 Å². The molecular formula is C24H29FN6O. The summed E-state index contributed by atoms with van der Waals surface area (Å²) < 4.78 is 12.5. The van der Waals surface area contributed by atoms with Crippen molar-refractivity contribution < 1.29 is 9.18 Å². The number of Topliss-reactive ketones (excluding diaryl/α,β-unsaturated/α-hetero) is 1. The van der Waals surface area contributed by atoms with Gasteiger partial charge in [0.05, 0.1) is 18.1 Å². The lowest BCUT2D eigenvalue weighted by atomic mass is 9.90. The first-order valence-electron chi connectivity index (χ1n) is 11.2. The number of halogens is 1. The number of nitrogens with one attached hydrogen (secondary N) is 1. The van der Waals surface area contributed by atoms with E-state index in [2.05, 4.69) is 30.2 Å². The summed E-state index contributed by atoms with van der Waals surface area (Å²) in [7, 11) is 0. The number of ketones is 1. The number of hydrogen-bond donors (Lipinski definition) is 1. The molecule has 1 saturated heterocycles. The van der Waals surface area contributed by atoms with Crippen LogP contribution in [-0.4, -0.2) is 63.0 Å². The zero-order chi connectivity index (χ0) is 22.5. The molecule has 0 saturated carbocycles. The first kappa shape index (κ1) is 22.2. The van der Waals surface area contributed by atoms with Crippen molar-refractivity contribution in [3.05, 3.63) is 42.6 Å². The van der Waals surface area contributed by atoms with Gasteiger partial charge in [0.15, 0.2) is 0 Å². The van der Waals surface area contributed by atoms with Gasteiger partial charge in [-0.25, -0.2) is 9.37 Å². The van der Waals surface area contributed by atoms with Gasteiger partial charge in [-0.3, -0.25) is 19.7 Å². The van der Waals surface area contributed by atoms with Crippen molar-refractivity contribution in [2.45, 2.75) is 39.2 Å². The number of anilines is 1. The highest BCUT2D eigenvalue weighted by Gasteiger charge is 2.25. The molecule has 1 aliphatic heterocycles. The molecule has 4 rings (SSSR count). The average molecular weight is 437 g/mol. The molecule has 3 aromatic rings. The van der Waals surface area contributed by atoms with E-state index in [-0.39, 0.29) is 24.4 Å². The van der Waals surface area contributed by atoms with Crippen molar-refractivity contribution in [3.8, 4) is 11.4 Å². The van der Waals surface area contributed by atoms with Gasteiger partial charge in [-0.15, -0.1) is 0 Å². The molecule has 0 spiro atoms. The molecule has 0 aliphatic carbocycles. The van der Waals surface area contributed by atoms with Crippen LogP contribution in [0.4, 0.5) is 10.2 Å². The highest BCUT2D eigenvalue weighted by molar-refractivity contribution is 5.87. The van der Waals surface area contributed by atoms with Gasteiger partial charge in [-0.2, -0.15) is 0 Å². The Morgan fingerprint density at radius 2 is 1.88 bits per heavy atom. The first-order valence-corrected chi connectivity index (χ1v) is 11.2. The Morgan fingerprint density at radius 1 is 1.09 bits per heavy atom. The standard InChI is InChI=1S/C24H29FN6O/c1-16(2)29-24-15-26-14-22(30-24)21-10-18-9-20(27-12-19(18)13-28-21)11-23(32)17-3-6-31(7-4-17)8-5-25/h9-10,12-17H,3-8,11H2,1-2H3,(H,29,30). The van der Waals surface area contributed by atoms with Gasteiger partial charge in [0.1, 0.15) is 24.0 Å². The molecular weight excluding hydrogens is 407 g/mol. The van der Waals surface area contributed by atoms with E-state index in [1.807, 2.05) is 26.0 Å². The minimum Gasteiger partial charge on any atom is -0.367 e. The SMILES string of the molecule is CC(C)Nc1cncc(-c2cc3cc(CC(=O)C4CCN(CCF)CC4)ncc3cn2)n1. The quantitative estimate of drug-likeness (QED) is 0.576. The summed E-state index contributed by atoms with van der Waals surface area (Å²) in [5, 5.41) is 5.13. The molecule has 32 heavy (non-hydrogen) atoms. The Bertz CT molecular complexity index is 1080. The van der Waals surface area contributed by atoms with Crippen molar-refractivity contribution in [1.29, 1.82) is 0 Å². The van der Waals surface area contributed by atoms with Crippen molar-refractivity contribution in [3.63, 3.8) is 0 Å². The van der Waals surface area contributed by atoms with E-state index in [1.165, 1.54) is 0 Å². The number of aromatic nitrogens is 4. The predicted octanol–water partition coefficient (Wildman–Crippen LogP) is 3.70. The van der Waals surface area contributed by atoms with Crippen molar-refractivity contribution in [1.82, 2.24) is 24.8 Å². The molecule has 0 amide bonds. The fraction of sp³-hybridized carbons (Fsp3) is 0.458. The summed E-state index contributed by atoms with van der Waals surface area (Å²) in [6.45, 7) is 5.79. The number of piperidine rings is 1. The molecule has 0 bridgehead atoms. The van der Waals surface area contributed by atoms with Crippen LogP contribution < -0.4 is 5.32 Å². The second-order valence-corrected chi connectivity index (χ2v) is 8.63. The number of carbonyl (C=O) groups is 1. The Morgan fingerprint density at radius 3 is 2.62 bits per heavy atom. The molecule has 7 nitrogen and oxygen atoms in total. The summed E-state index contributed by atoms with van der Waals surface area (Å²) in [6.07, 6.45) is 8.82. The number of fused-ring (bicyclic) bond motifs is 1. The lowest BCUT2D eigenvalue weighted by molar-refractivity contribution is -0.123. The third kappa shape index (κ3) is 5.43. The zero-order valence-electron chi connectivity index (χ0n) is 18.6. The van der Waals surface area contributed by atoms with Crippen LogP contribution >= 0.6 is 0 Å². The zero-order valence-corrected chi connectivity index (χ0v) is 18.6. The van der Waals surface area contributed by atoms with Crippen LogP contribution in [0.2, 0.25) is 0 Å². The van der Waals surface area contributed by atoms with Crippen LogP contribution in [0.5, 0.6) is 0 Å². The van der Waals surface area contributed by atoms with Crippen LogP contribution in [0, 0.1) is 5.92 Å². The Hall–Kier alpha value is -3.00. The van der Waals surface area contributed by atoms with Gasteiger partial charge >= 0.3 is 0 Å². The summed E-state index contributed by atoms with van der Waals surface area (Å²) in [4.78, 5) is 32.8. The predicted molar refractivity (Wildman–Crippen MR) is 123 cm³/mol. The van der Waals surface area contributed by atoms with E-state index in [0.717, 1.165) is 48.1 Å². The molecule has 0 radical (unpaired) electrons. The van der Waals surface area contributed by atoms with Crippen LogP contribution in [0.1, 0.15) is 32.4 Å². The fourth-order valence-corrected chi connectivity index (χ4v) is 4.10. The van der Waals surface area contributed by atoms with Gasteiger partial charge in [-0.05, 0) is 57.3 Å². The Balaban J connectivity index is 1.48. The number of hydrogen-bond acceptors (Lipinski definition) is 7. The molecule has 4 heterocycles. The first-order chi connectivity index (χ1) is 15.5. The second-order valence-electron chi connectivity index (χ2n) is 8.63. The van der Waals surface area contributed by atoms with Crippen LogP contribution in [0.15, 0.2) is 36.9 Å². The van der Waals surface area contributed by atoms with Crippen LogP contribution in [0.25, 0.3) is 22.2 Å². The minimum absolute atomic E-state index is 0.0304. The van der Waals surface area contributed by atoms with Crippen LogP contribution in [0.3, 0.4) is 0 Å². The molecule has 0 atom stereocenters. The molecule has 1 aliphatic rings. The van der Waals surface area contributed by atoms with E-state index < -0.39 is 0 Å². The molecule has 1 N–H and O–H groups in total. The highest BCUT2D eigenvalue weighted by Crippen LogP contribution is 2.23. The van der Waals surface area contributed by atoms with Gasteiger partial charge in [0, 0.05) is 48.4 Å². The highest BCUT2D eigenvalue weighted by atomic mass is 19.1. The summed E-state index contributed by atoms with van der Waals surface area (Å²) in [5.74, 6) is 0.949. The fourth-order valence-electron chi connectivity index (χ4n) is 4.10. The minimum atomic E-state index is -0.333. The molecule has 0 aromatic carbocycles.